The third-order valence-corrected chi connectivity index (χ3v) is 2.61. The van der Waals surface area contributed by atoms with Crippen LogP contribution in [0.2, 0.25) is 0 Å². The first-order valence-corrected chi connectivity index (χ1v) is 6.36. The predicted molar refractivity (Wildman–Crippen MR) is 79.9 cm³/mol. The van der Waals surface area contributed by atoms with Gasteiger partial charge in [0.25, 0.3) is 0 Å². The van der Waals surface area contributed by atoms with Crippen molar-refractivity contribution in [1.29, 1.82) is 0 Å². The largest absolute Gasteiger partial charge is 0.350 e. The summed E-state index contributed by atoms with van der Waals surface area (Å²) in [6, 6.07) is 12.0. The lowest BCUT2D eigenvalue weighted by atomic mass is 10.1. The van der Waals surface area contributed by atoms with Gasteiger partial charge in [-0.25, -0.2) is 4.98 Å². The molecule has 0 aliphatic heterocycles. The maximum atomic E-state index is 4.54. The van der Waals surface area contributed by atoms with E-state index in [0.717, 1.165) is 11.5 Å². The van der Waals surface area contributed by atoms with Crippen LogP contribution in [0.25, 0.3) is 0 Å². The number of nitrogens with zero attached hydrogens (tertiary/aromatic N) is 3. The van der Waals surface area contributed by atoms with Crippen molar-refractivity contribution in [2.45, 2.75) is 26.3 Å². The molecule has 4 heteroatoms. The fourth-order valence-corrected chi connectivity index (χ4v) is 1.72. The molecular formula is C15H20N4. The van der Waals surface area contributed by atoms with Crippen LogP contribution in [0.5, 0.6) is 0 Å². The highest BCUT2D eigenvalue weighted by molar-refractivity contribution is 5.59. The van der Waals surface area contributed by atoms with E-state index in [-0.39, 0.29) is 5.54 Å². The molecule has 0 saturated heterocycles. The van der Waals surface area contributed by atoms with Crippen molar-refractivity contribution in [2.75, 3.05) is 17.3 Å². The molecule has 0 atom stereocenters. The molecule has 1 aromatic heterocycles. The van der Waals surface area contributed by atoms with Crippen molar-refractivity contribution in [3.05, 3.63) is 42.6 Å². The second-order valence-electron chi connectivity index (χ2n) is 5.51. The Morgan fingerprint density at radius 2 is 1.74 bits per heavy atom. The summed E-state index contributed by atoms with van der Waals surface area (Å²) in [5.74, 6) is 1.51. The van der Waals surface area contributed by atoms with E-state index in [9.17, 15) is 0 Å². The SMILES string of the molecule is CN(c1ccccc1)c1ccnc(NC(C)(C)C)n1. The van der Waals surface area contributed by atoms with E-state index in [1.54, 1.807) is 6.20 Å². The number of anilines is 3. The molecule has 0 bridgehead atoms. The van der Waals surface area contributed by atoms with E-state index in [1.165, 1.54) is 0 Å². The molecule has 0 fully saturated rings. The third kappa shape index (κ3) is 3.68. The fraction of sp³-hybridized carbons (Fsp3) is 0.333. The van der Waals surface area contributed by atoms with E-state index >= 15 is 0 Å². The summed E-state index contributed by atoms with van der Waals surface area (Å²) in [4.78, 5) is 10.8. The number of para-hydroxylation sites is 1. The van der Waals surface area contributed by atoms with Crippen LogP contribution in [-0.4, -0.2) is 22.6 Å². The molecular weight excluding hydrogens is 236 g/mol. The first-order valence-electron chi connectivity index (χ1n) is 6.36. The van der Waals surface area contributed by atoms with Crippen molar-refractivity contribution < 1.29 is 0 Å². The van der Waals surface area contributed by atoms with E-state index in [2.05, 4.69) is 48.2 Å². The standard InChI is InChI=1S/C15H20N4/c1-15(2,3)18-14-16-11-10-13(17-14)19(4)12-8-6-5-7-9-12/h5-11H,1-4H3,(H,16,17,18). The van der Waals surface area contributed by atoms with Crippen molar-refractivity contribution in [3.8, 4) is 0 Å². The Balaban J connectivity index is 2.24. The van der Waals surface area contributed by atoms with Crippen LogP contribution >= 0.6 is 0 Å². The smallest absolute Gasteiger partial charge is 0.225 e. The first-order chi connectivity index (χ1) is 8.96. The van der Waals surface area contributed by atoms with Crippen molar-refractivity contribution in [1.82, 2.24) is 9.97 Å². The maximum absolute atomic E-state index is 4.54. The first kappa shape index (κ1) is 13.3. The van der Waals surface area contributed by atoms with Crippen LogP contribution in [0, 0.1) is 0 Å². The Bertz CT molecular complexity index is 531. The van der Waals surface area contributed by atoms with Crippen molar-refractivity contribution in [2.24, 2.45) is 0 Å². The Kier molecular flexibility index (Phi) is 3.69. The highest BCUT2D eigenvalue weighted by atomic mass is 15.2. The van der Waals surface area contributed by atoms with Crippen LogP contribution in [0.4, 0.5) is 17.5 Å². The minimum absolute atomic E-state index is 0.0516. The van der Waals surface area contributed by atoms with Gasteiger partial charge >= 0.3 is 0 Å². The molecule has 0 spiro atoms. The van der Waals surface area contributed by atoms with Gasteiger partial charge in [-0.15, -0.1) is 0 Å². The topological polar surface area (TPSA) is 41.1 Å². The molecule has 100 valence electrons. The molecule has 0 saturated carbocycles. The molecule has 4 nitrogen and oxygen atoms in total. The summed E-state index contributed by atoms with van der Waals surface area (Å²) in [5.41, 5.74) is 1.05. The van der Waals surface area contributed by atoms with Gasteiger partial charge in [-0.2, -0.15) is 4.98 Å². The van der Waals surface area contributed by atoms with Gasteiger partial charge in [0.05, 0.1) is 0 Å². The van der Waals surface area contributed by atoms with Crippen LogP contribution in [0.3, 0.4) is 0 Å². The van der Waals surface area contributed by atoms with Gasteiger partial charge in [-0.1, -0.05) is 18.2 Å². The Morgan fingerprint density at radius 1 is 1.05 bits per heavy atom. The molecule has 2 aromatic rings. The minimum Gasteiger partial charge on any atom is -0.350 e. The monoisotopic (exact) mass is 256 g/mol. The number of rotatable bonds is 3. The van der Waals surface area contributed by atoms with Gasteiger partial charge in [-0.3, -0.25) is 0 Å². The lowest BCUT2D eigenvalue weighted by Crippen LogP contribution is -2.27. The highest BCUT2D eigenvalue weighted by Crippen LogP contribution is 2.22. The molecule has 0 radical (unpaired) electrons. The van der Waals surface area contributed by atoms with Crippen molar-refractivity contribution >= 4 is 17.5 Å². The average molecular weight is 256 g/mol. The van der Waals surface area contributed by atoms with E-state index < -0.39 is 0 Å². The summed E-state index contributed by atoms with van der Waals surface area (Å²) in [5, 5.41) is 3.28. The lowest BCUT2D eigenvalue weighted by Gasteiger charge is -2.22. The van der Waals surface area contributed by atoms with Gasteiger partial charge in [0.15, 0.2) is 0 Å². The molecule has 0 aliphatic carbocycles. The van der Waals surface area contributed by atoms with Crippen LogP contribution < -0.4 is 10.2 Å². The number of aromatic nitrogens is 2. The summed E-state index contributed by atoms with van der Waals surface area (Å²) >= 11 is 0. The molecule has 0 aliphatic rings. The van der Waals surface area contributed by atoms with Gasteiger partial charge < -0.3 is 10.2 Å². The van der Waals surface area contributed by atoms with Crippen molar-refractivity contribution in [3.63, 3.8) is 0 Å². The van der Waals surface area contributed by atoms with Gasteiger partial charge in [0.2, 0.25) is 5.95 Å². The summed E-state index contributed by atoms with van der Waals surface area (Å²) < 4.78 is 0. The quantitative estimate of drug-likeness (QED) is 0.913. The summed E-state index contributed by atoms with van der Waals surface area (Å²) in [6.45, 7) is 6.26. The number of hydrogen-bond donors (Lipinski definition) is 1. The maximum Gasteiger partial charge on any atom is 0.225 e. The van der Waals surface area contributed by atoms with E-state index in [4.69, 9.17) is 0 Å². The van der Waals surface area contributed by atoms with Gasteiger partial charge in [0.1, 0.15) is 5.82 Å². The molecule has 1 N–H and O–H groups in total. The molecule has 19 heavy (non-hydrogen) atoms. The lowest BCUT2D eigenvalue weighted by molar-refractivity contribution is 0.626. The molecule has 0 amide bonds. The zero-order valence-electron chi connectivity index (χ0n) is 11.9. The van der Waals surface area contributed by atoms with E-state index in [0.29, 0.717) is 5.95 Å². The van der Waals surface area contributed by atoms with Crippen LogP contribution in [0.15, 0.2) is 42.6 Å². The van der Waals surface area contributed by atoms with Crippen LogP contribution in [-0.2, 0) is 0 Å². The van der Waals surface area contributed by atoms with Crippen LogP contribution in [0.1, 0.15) is 20.8 Å². The third-order valence-electron chi connectivity index (χ3n) is 2.61. The molecule has 2 rings (SSSR count). The second-order valence-corrected chi connectivity index (χ2v) is 5.51. The zero-order valence-corrected chi connectivity index (χ0v) is 11.9. The Labute approximate surface area is 114 Å². The molecule has 0 unspecified atom stereocenters. The van der Waals surface area contributed by atoms with Gasteiger partial charge in [0, 0.05) is 24.5 Å². The minimum atomic E-state index is -0.0516. The normalized spacial score (nSPS) is 11.2. The second kappa shape index (κ2) is 5.26. The molecule has 1 heterocycles. The summed E-state index contributed by atoms with van der Waals surface area (Å²) in [7, 11) is 2.00. The zero-order chi connectivity index (χ0) is 13.9. The summed E-state index contributed by atoms with van der Waals surface area (Å²) in [6.07, 6.45) is 1.77. The Morgan fingerprint density at radius 3 is 2.37 bits per heavy atom. The molecule has 1 aromatic carbocycles. The average Bonchev–Trinajstić information content (AvgIpc) is 2.37. The number of benzene rings is 1. The Hall–Kier alpha value is -2.10. The van der Waals surface area contributed by atoms with E-state index in [1.807, 2.05) is 36.2 Å². The number of nitrogens with one attached hydrogen (secondary N) is 1. The fourth-order valence-electron chi connectivity index (χ4n) is 1.72. The van der Waals surface area contributed by atoms with Gasteiger partial charge in [-0.05, 0) is 39.0 Å². The highest BCUT2D eigenvalue weighted by Gasteiger charge is 2.12. The number of hydrogen-bond acceptors (Lipinski definition) is 4. The predicted octanol–water partition coefficient (Wildman–Crippen LogP) is 3.45.